The Morgan fingerprint density at radius 1 is 1.12 bits per heavy atom. The number of benzene rings is 1. The number of carbonyl (C=O) groups is 2. The van der Waals surface area contributed by atoms with Gasteiger partial charge in [0, 0.05) is 0 Å². The number of ether oxygens (including phenoxy) is 2. The molecule has 0 saturated heterocycles. The predicted molar refractivity (Wildman–Crippen MR) is 62.0 cm³/mol. The normalized spacial score (nSPS) is 9.47. The molecule has 90 valence electrons. The summed E-state index contributed by atoms with van der Waals surface area (Å²) in [4.78, 5) is 22.6. The summed E-state index contributed by atoms with van der Waals surface area (Å²) >= 11 is 0. The quantitative estimate of drug-likeness (QED) is 0.337. The highest BCUT2D eigenvalue weighted by atomic mass is 16.6. The van der Waals surface area contributed by atoms with E-state index in [1.54, 1.807) is 6.92 Å². The van der Waals surface area contributed by atoms with Crippen LogP contribution in [0.4, 0.5) is 0 Å². The molecule has 0 spiro atoms. The first kappa shape index (κ1) is 13.0. The number of rotatable bonds is 5. The van der Waals surface area contributed by atoms with Gasteiger partial charge >= 0.3 is 11.9 Å². The third-order valence-corrected chi connectivity index (χ3v) is 1.98. The third kappa shape index (κ3) is 4.10. The van der Waals surface area contributed by atoms with Crippen LogP contribution >= 0.6 is 0 Å². The molecule has 0 unspecified atom stereocenters. The molecule has 0 saturated carbocycles. The summed E-state index contributed by atoms with van der Waals surface area (Å²) in [5.41, 5.74) is 0.556. The number of hydrogen-bond donors (Lipinski definition) is 0. The highest BCUT2D eigenvalue weighted by molar-refractivity contribution is 6.13. The SMILES string of the molecule is C=C(C(=O)OCC)C(=O)OCc1ccccc1. The van der Waals surface area contributed by atoms with E-state index in [0.29, 0.717) is 0 Å². The number of hydrogen-bond acceptors (Lipinski definition) is 4. The van der Waals surface area contributed by atoms with Crippen LogP contribution in [0, 0.1) is 0 Å². The standard InChI is InChI=1S/C13H14O4/c1-3-16-12(14)10(2)13(15)17-9-11-7-5-4-6-8-11/h4-8H,2-3,9H2,1H3. The van der Waals surface area contributed by atoms with E-state index in [9.17, 15) is 9.59 Å². The van der Waals surface area contributed by atoms with Gasteiger partial charge in [-0.05, 0) is 12.5 Å². The van der Waals surface area contributed by atoms with Gasteiger partial charge in [-0.3, -0.25) is 0 Å². The summed E-state index contributed by atoms with van der Waals surface area (Å²) < 4.78 is 9.56. The Balaban J connectivity index is 2.45. The van der Waals surface area contributed by atoms with E-state index >= 15 is 0 Å². The smallest absolute Gasteiger partial charge is 0.345 e. The van der Waals surface area contributed by atoms with Gasteiger partial charge in [-0.25, -0.2) is 9.59 Å². The molecule has 17 heavy (non-hydrogen) atoms. The van der Waals surface area contributed by atoms with Crippen LogP contribution in [0.3, 0.4) is 0 Å². The van der Waals surface area contributed by atoms with E-state index in [4.69, 9.17) is 4.74 Å². The fourth-order valence-corrected chi connectivity index (χ4v) is 1.11. The molecule has 0 amide bonds. The van der Waals surface area contributed by atoms with Crippen molar-refractivity contribution >= 4 is 11.9 Å². The summed E-state index contributed by atoms with van der Waals surface area (Å²) in [6.07, 6.45) is 0. The second-order valence-electron chi connectivity index (χ2n) is 3.26. The molecular formula is C13H14O4. The second-order valence-corrected chi connectivity index (χ2v) is 3.26. The lowest BCUT2D eigenvalue weighted by Crippen LogP contribution is -2.17. The molecule has 0 aromatic heterocycles. The lowest BCUT2D eigenvalue weighted by Gasteiger charge is -2.06. The molecule has 0 fully saturated rings. The Morgan fingerprint density at radius 3 is 2.29 bits per heavy atom. The molecule has 1 aromatic carbocycles. The molecule has 0 heterocycles. The van der Waals surface area contributed by atoms with Gasteiger partial charge in [0.15, 0.2) is 0 Å². The molecule has 0 aliphatic carbocycles. The fourth-order valence-electron chi connectivity index (χ4n) is 1.11. The predicted octanol–water partition coefficient (Wildman–Crippen LogP) is 1.85. The van der Waals surface area contributed by atoms with Crippen LogP contribution in [0.1, 0.15) is 12.5 Å². The molecule has 1 rings (SSSR count). The van der Waals surface area contributed by atoms with E-state index in [2.05, 4.69) is 11.3 Å². The van der Waals surface area contributed by atoms with Gasteiger partial charge in [0.1, 0.15) is 12.2 Å². The van der Waals surface area contributed by atoms with Gasteiger partial charge in [0.05, 0.1) is 6.61 Å². The van der Waals surface area contributed by atoms with Gasteiger partial charge in [-0.2, -0.15) is 0 Å². The zero-order valence-electron chi connectivity index (χ0n) is 9.64. The number of carbonyl (C=O) groups excluding carboxylic acids is 2. The van der Waals surface area contributed by atoms with Gasteiger partial charge < -0.3 is 9.47 Å². The maximum absolute atomic E-state index is 11.4. The van der Waals surface area contributed by atoms with Crippen LogP contribution in [-0.4, -0.2) is 18.5 Å². The lowest BCUT2D eigenvalue weighted by molar-refractivity contribution is -0.147. The van der Waals surface area contributed by atoms with E-state index in [1.165, 1.54) is 0 Å². The Bertz CT molecular complexity index is 409. The topological polar surface area (TPSA) is 52.6 Å². The molecule has 0 atom stereocenters. The summed E-state index contributed by atoms with van der Waals surface area (Å²) in [5, 5.41) is 0. The molecule has 0 bridgehead atoms. The van der Waals surface area contributed by atoms with E-state index in [0.717, 1.165) is 5.56 Å². The van der Waals surface area contributed by atoms with Crippen LogP contribution in [-0.2, 0) is 25.7 Å². The lowest BCUT2D eigenvalue weighted by atomic mass is 10.2. The maximum Gasteiger partial charge on any atom is 0.345 e. The van der Waals surface area contributed by atoms with Crippen LogP contribution < -0.4 is 0 Å². The zero-order valence-corrected chi connectivity index (χ0v) is 9.64. The van der Waals surface area contributed by atoms with Crippen molar-refractivity contribution in [3.05, 3.63) is 48.0 Å². The molecule has 4 heteroatoms. The molecular weight excluding hydrogens is 220 g/mol. The van der Waals surface area contributed by atoms with Crippen molar-refractivity contribution in [3.63, 3.8) is 0 Å². The highest BCUT2D eigenvalue weighted by Crippen LogP contribution is 2.04. The molecule has 0 radical (unpaired) electrons. The van der Waals surface area contributed by atoms with Crippen LogP contribution in [0.15, 0.2) is 42.5 Å². The van der Waals surface area contributed by atoms with Crippen molar-refractivity contribution in [3.8, 4) is 0 Å². The van der Waals surface area contributed by atoms with E-state index in [-0.39, 0.29) is 18.8 Å². The van der Waals surface area contributed by atoms with Crippen LogP contribution in [0.2, 0.25) is 0 Å². The van der Waals surface area contributed by atoms with Crippen molar-refractivity contribution < 1.29 is 19.1 Å². The molecule has 0 aliphatic rings. The first-order valence-electron chi connectivity index (χ1n) is 5.22. The van der Waals surface area contributed by atoms with Gasteiger partial charge in [0.25, 0.3) is 0 Å². The Labute approximate surface area is 99.8 Å². The zero-order chi connectivity index (χ0) is 12.7. The summed E-state index contributed by atoms with van der Waals surface area (Å²) in [6.45, 7) is 5.30. The Hall–Kier alpha value is -2.10. The molecule has 0 N–H and O–H groups in total. The van der Waals surface area contributed by atoms with Crippen molar-refractivity contribution in [1.29, 1.82) is 0 Å². The molecule has 4 nitrogen and oxygen atoms in total. The number of esters is 2. The fraction of sp³-hybridized carbons (Fsp3) is 0.231. The van der Waals surface area contributed by atoms with Crippen molar-refractivity contribution in [1.82, 2.24) is 0 Å². The molecule has 1 aromatic rings. The first-order chi connectivity index (χ1) is 8.15. The van der Waals surface area contributed by atoms with Crippen LogP contribution in [0.5, 0.6) is 0 Å². The maximum atomic E-state index is 11.4. The summed E-state index contributed by atoms with van der Waals surface area (Å²) in [5.74, 6) is -1.50. The van der Waals surface area contributed by atoms with Gasteiger partial charge in [-0.1, -0.05) is 36.9 Å². The summed E-state index contributed by atoms with van der Waals surface area (Å²) in [7, 11) is 0. The van der Waals surface area contributed by atoms with Gasteiger partial charge in [0.2, 0.25) is 0 Å². The van der Waals surface area contributed by atoms with Crippen molar-refractivity contribution in [2.45, 2.75) is 13.5 Å². The van der Waals surface area contributed by atoms with E-state index in [1.807, 2.05) is 30.3 Å². The van der Waals surface area contributed by atoms with E-state index < -0.39 is 11.9 Å². The molecule has 0 aliphatic heterocycles. The van der Waals surface area contributed by atoms with Gasteiger partial charge in [-0.15, -0.1) is 0 Å². The van der Waals surface area contributed by atoms with Crippen molar-refractivity contribution in [2.24, 2.45) is 0 Å². The highest BCUT2D eigenvalue weighted by Gasteiger charge is 2.18. The Kier molecular flexibility index (Phi) is 4.94. The third-order valence-electron chi connectivity index (χ3n) is 1.98. The average molecular weight is 234 g/mol. The van der Waals surface area contributed by atoms with Crippen LogP contribution in [0.25, 0.3) is 0 Å². The minimum atomic E-state index is -0.757. The minimum absolute atomic E-state index is 0.109. The summed E-state index contributed by atoms with van der Waals surface area (Å²) in [6, 6.07) is 9.18. The Morgan fingerprint density at radius 2 is 1.71 bits per heavy atom. The minimum Gasteiger partial charge on any atom is -0.462 e. The second kappa shape index (κ2) is 6.48. The monoisotopic (exact) mass is 234 g/mol. The average Bonchev–Trinajstić information content (AvgIpc) is 2.36. The largest absolute Gasteiger partial charge is 0.462 e. The first-order valence-corrected chi connectivity index (χ1v) is 5.22. The van der Waals surface area contributed by atoms with Crippen molar-refractivity contribution in [2.75, 3.05) is 6.61 Å².